The Bertz CT molecular complexity index is 560. The summed E-state index contributed by atoms with van der Waals surface area (Å²) in [5.41, 5.74) is 6.76. The van der Waals surface area contributed by atoms with Crippen LogP contribution in [0.3, 0.4) is 0 Å². The molecular weight excluding hydrogens is 204 g/mol. The molecule has 1 aromatic carbocycles. The van der Waals surface area contributed by atoms with Crippen LogP contribution in [-0.4, -0.2) is 4.98 Å². The van der Waals surface area contributed by atoms with Crippen LogP contribution in [0.1, 0.15) is 25.3 Å². The summed E-state index contributed by atoms with van der Waals surface area (Å²) in [5.74, 6) is 0. The summed E-state index contributed by atoms with van der Waals surface area (Å²) in [5, 5.41) is 0.481. The lowest BCUT2D eigenvalue weighted by molar-refractivity contribution is 0.524. The highest BCUT2D eigenvalue weighted by atomic mass is 16.4. The van der Waals surface area contributed by atoms with Crippen molar-refractivity contribution in [2.45, 2.75) is 26.2 Å². The molecule has 0 radical (unpaired) electrons. The first-order valence-corrected chi connectivity index (χ1v) is 5.40. The summed E-state index contributed by atoms with van der Waals surface area (Å²) in [6.07, 6.45) is 3.27. The molecule has 16 heavy (non-hydrogen) atoms. The molecule has 1 aromatic heterocycles. The monoisotopic (exact) mass is 218 g/mol. The van der Waals surface area contributed by atoms with Gasteiger partial charge < -0.3 is 10.2 Å². The minimum atomic E-state index is -0.426. The van der Waals surface area contributed by atoms with E-state index in [1.807, 2.05) is 12.1 Å². The Morgan fingerprint density at radius 2 is 2.25 bits per heavy atom. The van der Waals surface area contributed by atoms with E-state index in [1.54, 1.807) is 6.07 Å². The average molecular weight is 218 g/mol. The van der Waals surface area contributed by atoms with Crippen molar-refractivity contribution in [2.24, 2.45) is 0 Å². The van der Waals surface area contributed by atoms with E-state index in [2.05, 4.69) is 11.9 Å². The standard InChI is InChI=1S/C12H14N2O2/c1-2-3-4-8-5-6-9-10(7-8)14-12(13)16-11(9)15/h5-7H,2-4H2,1H3,(H2,13,14). The molecule has 4 heteroatoms. The molecule has 0 spiro atoms. The first-order valence-electron chi connectivity index (χ1n) is 5.40. The highest BCUT2D eigenvalue weighted by molar-refractivity contribution is 5.78. The lowest BCUT2D eigenvalue weighted by Gasteiger charge is -2.01. The summed E-state index contributed by atoms with van der Waals surface area (Å²) in [6, 6.07) is 5.51. The number of aromatic nitrogens is 1. The molecule has 2 rings (SSSR count). The average Bonchev–Trinajstić information content (AvgIpc) is 2.25. The number of hydrogen-bond acceptors (Lipinski definition) is 4. The van der Waals surface area contributed by atoms with Gasteiger partial charge in [0.15, 0.2) is 0 Å². The van der Waals surface area contributed by atoms with E-state index in [-0.39, 0.29) is 6.01 Å². The minimum absolute atomic E-state index is 0.0786. The van der Waals surface area contributed by atoms with Gasteiger partial charge in [-0.3, -0.25) is 0 Å². The van der Waals surface area contributed by atoms with Crippen molar-refractivity contribution >= 4 is 16.9 Å². The molecule has 0 unspecified atom stereocenters. The van der Waals surface area contributed by atoms with Crippen LogP contribution in [-0.2, 0) is 6.42 Å². The van der Waals surface area contributed by atoms with Crippen LogP contribution in [0.2, 0.25) is 0 Å². The number of nitrogens with two attached hydrogens (primary N) is 1. The molecule has 0 aliphatic rings. The van der Waals surface area contributed by atoms with Gasteiger partial charge in [0.2, 0.25) is 0 Å². The third-order valence-corrected chi connectivity index (χ3v) is 2.53. The van der Waals surface area contributed by atoms with Crippen LogP contribution >= 0.6 is 0 Å². The van der Waals surface area contributed by atoms with Gasteiger partial charge >= 0.3 is 5.63 Å². The van der Waals surface area contributed by atoms with Gasteiger partial charge in [0, 0.05) is 0 Å². The predicted octanol–water partition coefficient (Wildman–Crippen LogP) is 2.11. The molecule has 0 aliphatic carbocycles. The zero-order valence-corrected chi connectivity index (χ0v) is 9.19. The van der Waals surface area contributed by atoms with Gasteiger partial charge in [0.05, 0.1) is 10.9 Å². The molecule has 2 aromatic rings. The van der Waals surface area contributed by atoms with Crippen LogP contribution in [0.15, 0.2) is 27.4 Å². The smallest absolute Gasteiger partial charge is 0.348 e. The largest absolute Gasteiger partial charge is 0.389 e. The van der Waals surface area contributed by atoms with Gasteiger partial charge in [-0.25, -0.2) is 4.79 Å². The maximum absolute atomic E-state index is 11.4. The second kappa shape index (κ2) is 4.35. The first-order chi connectivity index (χ1) is 7.70. The second-order valence-electron chi connectivity index (χ2n) is 3.79. The molecule has 0 bridgehead atoms. The maximum atomic E-state index is 11.4. The molecule has 0 atom stereocenters. The van der Waals surface area contributed by atoms with Crippen LogP contribution in [0.25, 0.3) is 10.9 Å². The fourth-order valence-corrected chi connectivity index (χ4v) is 1.67. The molecule has 4 nitrogen and oxygen atoms in total. The molecular formula is C12H14N2O2. The van der Waals surface area contributed by atoms with Gasteiger partial charge in [-0.2, -0.15) is 4.98 Å². The molecule has 0 saturated carbocycles. The van der Waals surface area contributed by atoms with E-state index >= 15 is 0 Å². The van der Waals surface area contributed by atoms with Crippen LogP contribution in [0.4, 0.5) is 6.01 Å². The van der Waals surface area contributed by atoms with Gasteiger partial charge in [-0.15, -0.1) is 0 Å². The number of nitrogen functional groups attached to an aromatic ring is 1. The summed E-state index contributed by atoms with van der Waals surface area (Å²) in [4.78, 5) is 15.5. The predicted molar refractivity (Wildman–Crippen MR) is 63.3 cm³/mol. The topological polar surface area (TPSA) is 69.1 Å². The first kappa shape index (κ1) is 10.7. The van der Waals surface area contributed by atoms with E-state index in [0.717, 1.165) is 19.3 Å². The number of unbranched alkanes of at least 4 members (excludes halogenated alkanes) is 1. The Morgan fingerprint density at radius 3 is 3.00 bits per heavy atom. The minimum Gasteiger partial charge on any atom is -0.389 e. The van der Waals surface area contributed by atoms with E-state index in [1.165, 1.54) is 5.56 Å². The third kappa shape index (κ3) is 2.05. The molecule has 0 saturated heterocycles. The van der Waals surface area contributed by atoms with Gasteiger partial charge in [0.1, 0.15) is 0 Å². The van der Waals surface area contributed by atoms with Crippen LogP contribution in [0.5, 0.6) is 0 Å². The molecule has 2 N–H and O–H groups in total. The fraction of sp³-hybridized carbons (Fsp3) is 0.333. The van der Waals surface area contributed by atoms with Gasteiger partial charge in [-0.05, 0) is 30.5 Å². The Hall–Kier alpha value is -1.84. The number of nitrogens with zero attached hydrogens (tertiary/aromatic N) is 1. The number of rotatable bonds is 3. The SMILES string of the molecule is CCCCc1ccc2c(=O)oc(N)nc2c1. The molecule has 0 amide bonds. The number of anilines is 1. The number of benzene rings is 1. The van der Waals surface area contributed by atoms with Crippen molar-refractivity contribution in [1.29, 1.82) is 0 Å². The zero-order valence-electron chi connectivity index (χ0n) is 9.19. The molecule has 84 valence electrons. The summed E-state index contributed by atoms with van der Waals surface area (Å²) in [7, 11) is 0. The third-order valence-electron chi connectivity index (χ3n) is 2.53. The van der Waals surface area contributed by atoms with Crippen LogP contribution < -0.4 is 11.4 Å². The van der Waals surface area contributed by atoms with Gasteiger partial charge in [-0.1, -0.05) is 19.4 Å². The van der Waals surface area contributed by atoms with Crippen molar-refractivity contribution < 1.29 is 4.42 Å². The second-order valence-corrected chi connectivity index (χ2v) is 3.79. The maximum Gasteiger partial charge on any atom is 0.348 e. The van der Waals surface area contributed by atoms with Crippen molar-refractivity contribution in [1.82, 2.24) is 4.98 Å². The van der Waals surface area contributed by atoms with Crippen molar-refractivity contribution in [3.63, 3.8) is 0 Å². The lowest BCUT2D eigenvalue weighted by Crippen LogP contribution is -2.05. The van der Waals surface area contributed by atoms with Crippen molar-refractivity contribution in [3.05, 3.63) is 34.2 Å². The van der Waals surface area contributed by atoms with E-state index in [9.17, 15) is 4.79 Å². The Balaban J connectivity index is 2.49. The fourth-order valence-electron chi connectivity index (χ4n) is 1.67. The molecule has 0 aliphatic heterocycles. The quantitative estimate of drug-likeness (QED) is 0.856. The zero-order chi connectivity index (χ0) is 11.5. The van der Waals surface area contributed by atoms with Crippen LogP contribution in [0, 0.1) is 0 Å². The van der Waals surface area contributed by atoms with E-state index < -0.39 is 5.63 Å². The Morgan fingerprint density at radius 1 is 1.44 bits per heavy atom. The summed E-state index contributed by atoms with van der Waals surface area (Å²) in [6.45, 7) is 2.14. The summed E-state index contributed by atoms with van der Waals surface area (Å²) < 4.78 is 4.72. The molecule has 1 heterocycles. The van der Waals surface area contributed by atoms with Crippen molar-refractivity contribution in [2.75, 3.05) is 5.73 Å². The Kier molecular flexibility index (Phi) is 2.90. The van der Waals surface area contributed by atoms with Crippen molar-refractivity contribution in [3.8, 4) is 0 Å². The summed E-state index contributed by atoms with van der Waals surface area (Å²) >= 11 is 0. The highest BCUT2D eigenvalue weighted by Gasteiger charge is 2.04. The lowest BCUT2D eigenvalue weighted by atomic mass is 10.1. The number of aryl methyl sites for hydroxylation is 1. The Labute approximate surface area is 93.1 Å². The molecule has 0 fully saturated rings. The van der Waals surface area contributed by atoms with Gasteiger partial charge in [0.25, 0.3) is 6.01 Å². The normalized spacial score (nSPS) is 10.8. The number of fused-ring (bicyclic) bond motifs is 1. The number of hydrogen-bond donors (Lipinski definition) is 1. The van der Waals surface area contributed by atoms with E-state index in [4.69, 9.17) is 10.2 Å². The highest BCUT2D eigenvalue weighted by Crippen LogP contribution is 2.13. The van der Waals surface area contributed by atoms with E-state index in [0.29, 0.717) is 10.9 Å².